The highest BCUT2D eigenvalue weighted by molar-refractivity contribution is 5.79. The normalized spacial score (nSPS) is 23.0. The molecule has 2 atom stereocenters. The molecule has 1 saturated heterocycles. The quantitative estimate of drug-likeness (QED) is 0.676. The van der Waals surface area contributed by atoms with E-state index in [1.807, 2.05) is 0 Å². The zero-order valence-electron chi connectivity index (χ0n) is 13.5. The molecule has 5 heteroatoms. The Morgan fingerprint density at radius 2 is 2.10 bits per heavy atom. The zero-order valence-corrected chi connectivity index (χ0v) is 13.5. The second kappa shape index (κ2) is 7.96. The number of carbonyl (C=O) groups excluding carboxylic acids is 1. The molecule has 2 unspecified atom stereocenters. The van der Waals surface area contributed by atoms with Gasteiger partial charge in [-0.05, 0) is 52.4 Å². The predicted molar refractivity (Wildman–Crippen MR) is 81.6 cm³/mol. The Balaban J connectivity index is 2.29. The average Bonchev–Trinajstić information content (AvgIpc) is 2.87. The van der Waals surface area contributed by atoms with E-state index in [2.05, 4.69) is 23.6 Å². The summed E-state index contributed by atoms with van der Waals surface area (Å²) in [5.74, 6) is -0.320. The number of hydrogen-bond donors (Lipinski definition) is 1. The maximum absolute atomic E-state index is 11.5. The molecule has 0 spiro atoms. The molecule has 0 bridgehead atoms. The first-order chi connectivity index (χ1) is 9.44. The molecule has 0 amide bonds. The lowest BCUT2D eigenvalue weighted by Gasteiger charge is -2.26. The van der Waals surface area contributed by atoms with Crippen LogP contribution in [0.2, 0.25) is 0 Å². The highest BCUT2D eigenvalue weighted by Gasteiger charge is 2.30. The van der Waals surface area contributed by atoms with E-state index in [1.165, 1.54) is 13.5 Å². The molecule has 0 saturated carbocycles. The summed E-state index contributed by atoms with van der Waals surface area (Å²) in [7, 11) is 1.39. The average molecular weight is 285 g/mol. The molecule has 0 aromatic heterocycles. The molecule has 118 valence electrons. The van der Waals surface area contributed by atoms with Crippen molar-refractivity contribution in [2.75, 3.05) is 39.8 Å². The minimum absolute atomic E-state index is 0.320. The fourth-order valence-electron chi connectivity index (χ4n) is 3.06. The first kappa shape index (κ1) is 17.4. The Morgan fingerprint density at radius 3 is 2.65 bits per heavy atom. The summed E-state index contributed by atoms with van der Waals surface area (Å²) in [6, 6.07) is 0.690. The van der Waals surface area contributed by atoms with Crippen LogP contribution in [0, 0.1) is 0 Å². The van der Waals surface area contributed by atoms with Crippen molar-refractivity contribution in [2.24, 2.45) is 5.73 Å². The molecular formula is C15H31N3O2. The first-order valence-electron chi connectivity index (χ1n) is 7.78. The number of ether oxygens (including phenoxy) is 1. The van der Waals surface area contributed by atoms with Crippen LogP contribution in [0.4, 0.5) is 0 Å². The highest BCUT2D eigenvalue weighted by atomic mass is 16.5. The fraction of sp³-hybridized carbons (Fsp3) is 0.933. The summed E-state index contributed by atoms with van der Waals surface area (Å²) in [6.07, 6.45) is 2.86. The van der Waals surface area contributed by atoms with E-state index >= 15 is 0 Å². The summed E-state index contributed by atoms with van der Waals surface area (Å²) in [6.45, 7) is 11.8. The van der Waals surface area contributed by atoms with Crippen LogP contribution in [0.1, 0.15) is 40.0 Å². The van der Waals surface area contributed by atoms with Gasteiger partial charge in [0.05, 0.1) is 7.11 Å². The first-order valence-corrected chi connectivity index (χ1v) is 7.78. The van der Waals surface area contributed by atoms with E-state index in [0.29, 0.717) is 12.5 Å². The van der Waals surface area contributed by atoms with Crippen molar-refractivity contribution in [1.29, 1.82) is 0 Å². The number of esters is 1. The molecule has 2 N–H and O–H groups in total. The van der Waals surface area contributed by atoms with Crippen molar-refractivity contribution in [2.45, 2.75) is 51.6 Å². The van der Waals surface area contributed by atoms with Gasteiger partial charge in [-0.3, -0.25) is 9.69 Å². The van der Waals surface area contributed by atoms with Gasteiger partial charge in [-0.15, -0.1) is 0 Å². The van der Waals surface area contributed by atoms with Crippen LogP contribution in [0.25, 0.3) is 0 Å². The molecule has 5 nitrogen and oxygen atoms in total. The van der Waals surface area contributed by atoms with Crippen LogP contribution < -0.4 is 5.73 Å². The van der Waals surface area contributed by atoms with Gasteiger partial charge in [0.25, 0.3) is 0 Å². The van der Waals surface area contributed by atoms with Gasteiger partial charge in [0.1, 0.15) is 5.54 Å². The third kappa shape index (κ3) is 4.72. The second-order valence-corrected chi connectivity index (χ2v) is 5.98. The SMILES string of the molecule is CCN(CC)C1CCN(CCCC(C)(N)C(=O)OC)C1. The van der Waals surface area contributed by atoms with E-state index < -0.39 is 5.54 Å². The van der Waals surface area contributed by atoms with Gasteiger partial charge in [-0.1, -0.05) is 13.8 Å². The van der Waals surface area contributed by atoms with Gasteiger partial charge >= 0.3 is 5.97 Å². The molecule has 20 heavy (non-hydrogen) atoms. The number of rotatable bonds is 8. The number of likely N-dealkylation sites (N-methyl/N-ethyl adjacent to an activating group) is 1. The number of methoxy groups -OCH3 is 1. The zero-order chi connectivity index (χ0) is 15.2. The fourth-order valence-corrected chi connectivity index (χ4v) is 3.06. The van der Waals surface area contributed by atoms with E-state index in [1.54, 1.807) is 6.92 Å². The third-order valence-electron chi connectivity index (χ3n) is 4.40. The molecule has 1 aliphatic heterocycles. The van der Waals surface area contributed by atoms with Gasteiger partial charge in [0.15, 0.2) is 0 Å². The number of hydrogen-bond acceptors (Lipinski definition) is 5. The van der Waals surface area contributed by atoms with E-state index in [4.69, 9.17) is 10.5 Å². The van der Waals surface area contributed by atoms with E-state index in [9.17, 15) is 4.79 Å². The maximum atomic E-state index is 11.5. The van der Waals surface area contributed by atoms with Crippen molar-refractivity contribution in [1.82, 2.24) is 9.80 Å². The van der Waals surface area contributed by atoms with Crippen molar-refractivity contribution in [3.05, 3.63) is 0 Å². The minimum Gasteiger partial charge on any atom is -0.468 e. The van der Waals surface area contributed by atoms with Crippen molar-refractivity contribution in [3.8, 4) is 0 Å². The van der Waals surface area contributed by atoms with Crippen LogP contribution in [0.15, 0.2) is 0 Å². The van der Waals surface area contributed by atoms with Crippen LogP contribution in [0.3, 0.4) is 0 Å². The lowest BCUT2D eigenvalue weighted by atomic mass is 9.97. The molecule has 1 fully saturated rings. The number of nitrogens with zero attached hydrogens (tertiary/aromatic N) is 2. The van der Waals surface area contributed by atoms with Crippen LogP contribution in [-0.2, 0) is 9.53 Å². The Labute approximate surface area is 123 Å². The van der Waals surface area contributed by atoms with Crippen LogP contribution >= 0.6 is 0 Å². The number of nitrogens with two attached hydrogens (primary N) is 1. The summed E-state index contributed by atoms with van der Waals surface area (Å²) >= 11 is 0. The monoisotopic (exact) mass is 285 g/mol. The van der Waals surface area contributed by atoms with Crippen molar-refractivity contribution >= 4 is 5.97 Å². The summed E-state index contributed by atoms with van der Waals surface area (Å²) in [4.78, 5) is 16.5. The minimum atomic E-state index is -0.854. The van der Waals surface area contributed by atoms with Crippen molar-refractivity contribution in [3.63, 3.8) is 0 Å². The van der Waals surface area contributed by atoms with Crippen LogP contribution in [-0.4, -0.2) is 67.2 Å². The summed E-state index contributed by atoms with van der Waals surface area (Å²) in [5.41, 5.74) is 5.12. The molecule has 1 aliphatic rings. The highest BCUT2D eigenvalue weighted by Crippen LogP contribution is 2.17. The van der Waals surface area contributed by atoms with E-state index in [-0.39, 0.29) is 5.97 Å². The second-order valence-electron chi connectivity index (χ2n) is 5.98. The molecule has 1 rings (SSSR count). The molecule has 0 aromatic rings. The molecule has 0 aromatic carbocycles. The largest absolute Gasteiger partial charge is 0.468 e. The lowest BCUT2D eigenvalue weighted by molar-refractivity contribution is -0.146. The Bertz CT molecular complexity index is 303. The Hall–Kier alpha value is -0.650. The predicted octanol–water partition coefficient (Wildman–Crippen LogP) is 1.07. The molecule has 0 radical (unpaired) electrons. The Morgan fingerprint density at radius 1 is 1.45 bits per heavy atom. The van der Waals surface area contributed by atoms with Gasteiger partial charge in [0.2, 0.25) is 0 Å². The smallest absolute Gasteiger partial charge is 0.325 e. The number of carbonyl (C=O) groups is 1. The van der Waals surface area contributed by atoms with E-state index in [0.717, 1.165) is 39.1 Å². The molecule has 1 heterocycles. The van der Waals surface area contributed by atoms with Crippen LogP contribution in [0.5, 0.6) is 0 Å². The van der Waals surface area contributed by atoms with Gasteiger partial charge in [0, 0.05) is 12.6 Å². The topological polar surface area (TPSA) is 58.8 Å². The standard InChI is InChI=1S/C15H31N3O2/c1-5-18(6-2)13-8-11-17(12-13)10-7-9-15(3,16)14(19)20-4/h13H,5-12,16H2,1-4H3. The molecule has 0 aliphatic carbocycles. The van der Waals surface area contributed by atoms with Crippen molar-refractivity contribution < 1.29 is 9.53 Å². The summed E-state index contributed by atoms with van der Waals surface area (Å²) in [5, 5.41) is 0. The van der Waals surface area contributed by atoms with Gasteiger partial charge in [-0.2, -0.15) is 0 Å². The van der Waals surface area contributed by atoms with Gasteiger partial charge < -0.3 is 15.4 Å². The maximum Gasteiger partial charge on any atom is 0.325 e. The summed E-state index contributed by atoms with van der Waals surface area (Å²) < 4.78 is 4.73. The molecular weight excluding hydrogens is 254 g/mol. The Kier molecular flexibility index (Phi) is 6.92. The third-order valence-corrected chi connectivity index (χ3v) is 4.40. The lowest BCUT2D eigenvalue weighted by Crippen LogP contribution is -2.46. The van der Waals surface area contributed by atoms with Gasteiger partial charge in [-0.25, -0.2) is 0 Å². The number of likely N-dealkylation sites (tertiary alicyclic amines) is 1.